The molecule has 0 saturated heterocycles. The van der Waals surface area contributed by atoms with Crippen LogP contribution in [-0.4, -0.2) is 38.1 Å². The minimum Gasteiger partial charge on any atom is -0.326 e. The first kappa shape index (κ1) is 20.6. The Bertz CT molecular complexity index is 1070. The zero-order chi connectivity index (χ0) is 21.3. The van der Waals surface area contributed by atoms with E-state index in [9.17, 15) is 13.2 Å². The summed E-state index contributed by atoms with van der Waals surface area (Å²) in [7, 11) is 0. The molecule has 4 rings (SSSR count). The molecule has 3 aromatic rings. The highest BCUT2D eigenvalue weighted by atomic mass is 32.2. The summed E-state index contributed by atoms with van der Waals surface area (Å²) in [4.78, 5) is 8.68. The van der Waals surface area contributed by atoms with Gasteiger partial charge in [0.15, 0.2) is 0 Å². The molecule has 4 N–H and O–H groups in total. The van der Waals surface area contributed by atoms with Gasteiger partial charge in [-0.15, -0.1) is 0 Å². The Morgan fingerprint density at radius 3 is 2.60 bits per heavy atom. The van der Waals surface area contributed by atoms with Gasteiger partial charge in [-0.05, 0) is 42.3 Å². The van der Waals surface area contributed by atoms with Gasteiger partial charge in [-0.25, -0.2) is 4.98 Å². The molecular formula is C20H19F3N6S. The number of pyridine rings is 2. The molecule has 0 spiro atoms. The van der Waals surface area contributed by atoms with Gasteiger partial charge in [0.1, 0.15) is 10.5 Å². The summed E-state index contributed by atoms with van der Waals surface area (Å²) in [5, 5.41) is 7.87. The fourth-order valence-electron chi connectivity index (χ4n) is 3.15. The van der Waals surface area contributed by atoms with E-state index in [2.05, 4.69) is 15.1 Å². The van der Waals surface area contributed by atoms with Gasteiger partial charge >= 0.3 is 6.18 Å². The quantitative estimate of drug-likeness (QED) is 0.643. The van der Waals surface area contributed by atoms with E-state index in [-0.39, 0.29) is 6.04 Å². The molecule has 1 aliphatic heterocycles. The molecule has 10 heteroatoms. The first-order chi connectivity index (χ1) is 14.3. The molecule has 0 fully saturated rings. The number of hydrazone groups is 1. The Kier molecular flexibility index (Phi) is 5.63. The molecule has 30 heavy (non-hydrogen) atoms. The van der Waals surface area contributed by atoms with Gasteiger partial charge in [-0.1, -0.05) is 23.9 Å². The number of alkyl halides is 3. The standard InChI is InChI=1S/C20H19F3N6S/c21-20(22,23)14-4-1-12(2-5-14)9-15(24)11-29-19(25)30-18(28-29)17-6-3-13-10-26-8-7-16(13)27-17/h1-8,10,15,19H,9,11,24-25H2/t15-,19?/m1/s1. The number of halogens is 3. The number of aromatic nitrogens is 2. The third-order valence-corrected chi connectivity index (χ3v) is 5.65. The minimum absolute atomic E-state index is 0.341. The van der Waals surface area contributed by atoms with E-state index in [0.29, 0.717) is 23.7 Å². The lowest BCUT2D eigenvalue weighted by Crippen LogP contribution is -2.42. The van der Waals surface area contributed by atoms with Gasteiger partial charge in [0.05, 0.1) is 23.3 Å². The zero-order valence-corrected chi connectivity index (χ0v) is 16.6. The maximum absolute atomic E-state index is 12.7. The van der Waals surface area contributed by atoms with Gasteiger partial charge in [-0.2, -0.15) is 18.3 Å². The fraction of sp³-hybridized carbons (Fsp3) is 0.250. The summed E-state index contributed by atoms with van der Waals surface area (Å²) in [6.07, 6.45) is -0.508. The lowest BCUT2D eigenvalue weighted by Gasteiger charge is -2.22. The maximum atomic E-state index is 12.7. The Morgan fingerprint density at radius 2 is 1.87 bits per heavy atom. The van der Waals surface area contributed by atoms with Gasteiger partial charge in [0.2, 0.25) is 0 Å². The Morgan fingerprint density at radius 1 is 1.10 bits per heavy atom. The smallest absolute Gasteiger partial charge is 0.326 e. The number of nitrogens with two attached hydrogens (primary N) is 2. The van der Waals surface area contributed by atoms with Gasteiger partial charge in [0, 0.05) is 23.8 Å². The van der Waals surface area contributed by atoms with Gasteiger partial charge in [-0.3, -0.25) is 9.99 Å². The van der Waals surface area contributed by atoms with Crippen LogP contribution in [0.5, 0.6) is 0 Å². The normalized spacial score (nSPS) is 18.0. The van der Waals surface area contributed by atoms with E-state index in [1.165, 1.54) is 23.9 Å². The van der Waals surface area contributed by atoms with E-state index >= 15 is 0 Å². The predicted octanol–water partition coefficient (Wildman–Crippen LogP) is 3.17. The summed E-state index contributed by atoms with van der Waals surface area (Å²) in [6, 6.07) is 10.3. The number of benzene rings is 1. The summed E-state index contributed by atoms with van der Waals surface area (Å²) < 4.78 is 38.1. The van der Waals surface area contributed by atoms with Crippen molar-refractivity contribution >= 4 is 27.7 Å². The van der Waals surface area contributed by atoms with Crippen LogP contribution >= 0.6 is 11.8 Å². The monoisotopic (exact) mass is 432 g/mol. The molecule has 0 bridgehead atoms. The summed E-state index contributed by atoms with van der Waals surface area (Å²) in [6.45, 7) is 0.371. The van der Waals surface area contributed by atoms with Crippen LogP contribution in [0.15, 0.2) is 60.0 Å². The van der Waals surface area contributed by atoms with Gasteiger partial charge < -0.3 is 11.5 Å². The van der Waals surface area contributed by atoms with Crippen molar-refractivity contribution in [2.45, 2.75) is 24.1 Å². The highest BCUT2D eigenvalue weighted by Gasteiger charge is 2.30. The van der Waals surface area contributed by atoms with Crippen molar-refractivity contribution in [2.75, 3.05) is 6.54 Å². The predicted molar refractivity (Wildman–Crippen MR) is 111 cm³/mol. The number of thioether (sulfide) groups is 1. The average molecular weight is 432 g/mol. The van der Waals surface area contributed by atoms with Crippen molar-refractivity contribution < 1.29 is 13.2 Å². The van der Waals surface area contributed by atoms with Crippen LogP contribution in [0.3, 0.4) is 0 Å². The molecule has 156 valence electrons. The molecule has 1 unspecified atom stereocenters. The summed E-state index contributed by atoms with van der Waals surface area (Å²) in [5.74, 6) is 0. The second kappa shape index (κ2) is 8.21. The first-order valence-corrected chi connectivity index (χ1v) is 10.1. The third-order valence-electron chi connectivity index (χ3n) is 4.65. The SMILES string of the molecule is NC1SC(c2ccc3cnccc3n2)=NN1C[C@H](N)Cc1ccc(C(F)(F)F)cc1. The number of hydrogen-bond donors (Lipinski definition) is 2. The number of rotatable bonds is 5. The molecule has 0 amide bonds. The molecule has 2 aromatic heterocycles. The van der Waals surface area contributed by atoms with Crippen LogP contribution < -0.4 is 11.5 Å². The first-order valence-electron chi connectivity index (χ1n) is 9.20. The van der Waals surface area contributed by atoms with E-state index in [4.69, 9.17) is 11.5 Å². The van der Waals surface area contributed by atoms with Crippen molar-refractivity contribution in [3.05, 3.63) is 71.7 Å². The van der Waals surface area contributed by atoms with Crippen molar-refractivity contribution in [1.82, 2.24) is 15.0 Å². The van der Waals surface area contributed by atoms with Crippen LogP contribution in [0.2, 0.25) is 0 Å². The third kappa shape index (κ3) is 4.55. The summed E-state index contributed by atoms with van der Waals surface area (Å²) in [5.41, 5.74) is 13.6. The van der Waals surface area contributed by atoms with Crippen LogP contribution in [-0.2, 0) is 12.6 Å². The van der Waals surface area contributed by atoms with E-state index < -0.39 is 17.2 Å². The number of nitrogens with zero attached hydrogens (tertiary/aromatic N) is 4. The average Bonchev–Trinajstić information content (AvgIpc) is 3.07. The van der Waals surface area contributed by atoms with E-state index in [0.717, 1.165) is 28.6 Å². The van der Waals surface area contributed by atoms with Crippen molar-refractivity contribution in [2.24, 2.45) is 16.6 Å². The second-order valence-electron chi connectivity index (χ2n) is 6.96. The second-order valence-corrected chi connectivity index (χ2v) is 8.06. The minimum atomic E-state index is -4.35. The molecule has 1 aromatic carbocycles. The molecular weight excluding hydrogens is 413 g/mol. The molecule has 0 aliphatic carbocycles. The van der Waals surface area contributed by atoms with E-state index in [1.54, 1.807) is 17.4 Å². The van der Waals surface area contributed by atoms with Crippen LogP contribution in [0.25, 0.3) is 10.9 Å². The van der Waals surface area contributed by atoms with Crippen molar-refractivity contribution in [3.63, 3.8) is 0 Å². The van der Waals surface area contributed by atoms with Gasteiger partial charge in [0.25, 0.3) is 0 Å². The topological polar surface area (TPSA) is 93.4 Å². The molecule has 3 heterocycles. The molecule has 1 aliphatic rings. The molecule has 6 nitrogen and oxygen atoms in total. The lowest BCUT2D eigenvalue weighted by molar-refractivity contribution is -0.137. The highest BCUT2D eigenvalue weighted by molar-refractivity contribution is 8.15. The maximum Gasteiger partial charge on any atom is 0.416 e. The summed E-state index contributed by atoms with van der Waals surface area (Å²) >= 11 is 1.38. The van der Waals surface area contributed by atoms with Crippen molar-refractivity contribution in [1.29, 1.82) is 0 Å². The molecule has 2 atom stereocenters. The Balaban J connectivity index is 1.43. The molecule has 0 saturated carbocycles. The zero-order valence-electron chi connectivity index (χ0n) is 15.8. The Labute approximate surface area is 175 Å². The number of hydrogen-bond acceptors (Lipinski definition) is 7. The number of fused-ring (bicyclic) bond motifs is 1. The van der Waals surface area contributed by atoms with Crippen LogP contribution in [0.4, 0.5) is 13.2 Å². The van der Waals surface area contributed by atoms with Crippen LogP contribution in [0, 0.1) is 0 Å². The van der Waals surface area contributed by atoms with Crippen LogP contribution in [0.1, 0.15) is 16.8 Å². The fourth-order valence-corrected chi connectivity index (χ4v) is 4.02. The Hall–Kier alpha value is -2.69. The largest absolute Gasteiger partial charge is 0.416 e. The lowest BCUT2D eigenvalue weighted by atomic mass is 10.0. The van der Waals surface area contributed by atoms with E-state index in [1.807, 2.05) is 18.2 Å². The van der Waals surface area contributed by atoms with Crippen molar-refractivity contribution in [3.8, 4) is 0 Å². The molecule has 0 radical (unpaired) electrons. The highest BCUT2D eigenvalue weighted by Crippen LogP contribution is 2.30.